The van der Waals surface area contributed by atoms with Gasteiger partial charge in [0.1, 0.15) is 23.0 Å². The zero-order valence-electron chi connectivity index (χ0n) is 30.1. The van der Waals surface area contributed by atoms with Crippen molar-refractivity contribution in [3.63, 3.8) is 0 Å². The number of phenols is 3. The molecular weight excluding hydrogens is 672 g/mol. The predicted octanol–water partition coefficient (Wildman–Crippen LogP) is 13.9. The third kappa shape index (κ3) is 20.0. The number of ether oxygens (including phenoxy) is 1. The van der Waals surface area contributed by atoms with Crippen LogP contribution < -0.4 is 4.74 Å². The number of rotatable bonds is 20. The first-order valence-corrected chi connectivity index (χ1v) is 19.8. The number of hydrogen-bond donors (Lipinski definition) is 3. The van der Waals surface area contributed by atoms with Gasteiger partial charge in [-0.25, -0.2) is 0 Å². The normalized spacial score (nSPS) is 10.4. The summed E-state index contributed by atoms with van der Waals surface area (Å²) in [7, 11) is 0. The molecule has 0 aromatic heterocycles. The van der Waals surface area contributed by atoms with E-state index in [1.165, 1.54) is 102 Å². The van der Waals surface area contributed by atoms with Crippen LogP contribution in [0.2, 0.25) is 0 Å². The molecule has 0 saturated heterocycles. The van der Waals surface area contributed by atoms with Crippen molar-refractivity contribution in [2.45, 2.75) is 117 Å². The maximum absolute atomic E-state index is 9.37. The fourth-order valence-electron chi connectivity index (χ4n) is 5.36. The van der Waals surface area contributed by atoms with E-state index in [1.807, 2.05) is 48.5 Å². The van der Waals surface area contributed by atoms with Gasteiger partial charge in [0.05, 0.1) is 6.61 Å². The fourth-order valence-corrected chi connectivity index (χ4v) is 5.76. The minimum atomic E-state index is 0.257. The highest BCUT2D eigenvalue weighted by atomic mass is 79.9. The second kappa shape index (κ2) is 27.4. The Balaban J connectivity index is 0.000000312. The molecule has 0 spiro atoms. The second-order valence-corrected chi connectivity index (χ2v) is 13.4. The van der Waals surface area contributed by atoms with Gasteiger partial charge in [0.25, 0.3) is 0 Å². The van der Waals surface area contributed by atoms with E-state index in [-0.39, 0.29) is 11.5 Å². The first-order valence-electron chi connectivity index (χ1n) is 18.6. The molecule has 0 aliphatic carbocycles. The standard InChI is InChI=1S/C25H36O2.C12H10O2.C7H15Br/c1-2-3-4-5-6-7-8-9-10-11-12-21-27-25-19-15-23(16-20-25)22-13-17-24(26)18-14-22;13-11-5-1-9(2-6-11)10-3-7-12(14)8-4-10;1-2-3-4-5-6-7-8/h13-20,26H,2-12,21H2,1H3;1-8,13-14H;2-7H2,1H3. The summed E-state index contributed by atoms with van der Waals surface area (Å²) in [6, 6.07) is 29.4. The summed E-state index contributed by atoms with van der Waals surface area (Å²) >= 11 is 3.40. The molecule has 0 amide bonds. The van der Waals surface area contributed by atoms with Crippen LogP contribution in [0.1, 0.15) is 117 Å². The number of benzene rings is 4. The first kappa shape index (κ1) is 41.7. The SMILES string of the molecule is CCCCCCCBr.CCCCCCCCCCCCCOc1ccc(-c2ccc(O)cc2)cc1.Oc1ccc(-c2ccc(O)cc2)cc1. The van der Waals surface area contributed by atoms with Crippen molar-refractivity contribution < 1.29 is 20.1 Å². The summed E-state index contributed by atoms with van der Waals surface area (Å²) in [5.41, 5.74) is 4.27. The van der Waals surface area contributed by atoms with Crippen LogP contribution in [-0.4, -0.2) is 27.3 Å². The van der Waals surface area contributed by atoms with Crippen molar-refractivity contribution in [3.05, 3.63) is 97.1 Å². The Hall–Kier alpha value is -3.44. The van der Waals surface area contributed by atoms with E-state index >= 15 is 0 Å². The summed E-state index contributed by atoms with van der Waals surface area (Å²) in [6.07, 6.45) is 21.8. The highest BCUT2D eigenvalue weighted by Crippen LogP contribution is 2.25. The number of aromatic hydroxyl groups is 3. The van der Waals surface area contributed by atoms with Crippen LogP contribution in [0.5, 0.6) is 23.0 Å². The van der Waals surface area contributed by atoms with Gasteiger partial charge < -0.3 is 20.1 Å². The zero-order valence-corrected chi connectivity index (χ0v) is 31.7. The quantitative estimate of drug-likeness (QED) is 0.0625. The van der Waals surface area contributed by atoms with Crippen molar-refractivity contribution in [2.75, 3.05) is 11.9 Å². The van der Waals surface area contributed by atoms with Gasteiger partial charge in [-0.1, -0.05) is 168 Å². The molecular formula is C44H61BrO4. The van der Waals surface area contributed by atoms with Gasteiger partial charge in [-0.15, -0.1) is 0 Å². The smallest absolute Gasteiger partial charge is 0.119 e. The average molecular weight is 734 g/mol. The van der Waals surface area contributed by atoms with Crippen LogP contribution in [0.3, 0.4) is 0 Å². The Morgan fingerprint density at radius 3 is 1.00 bits per heavy atom. The molecule has 0 heterocycles. The molecule has 0 aliphatic rings. The topological polar surface area (TPSA) is 69.9 Å². The Labute approximate surface area is 305 Å². The molecule has 0 bridgehead atoms. The molecule has 4 nitrogen and oxygen atoms in total. The lowest BCUT2D eigenvalue weighted by Crippen LogP contribution is -1.97. The lowest BCUT2D eigenvalue weighted by atomic mass is 10.1. The Bertz CT molecular complexity index is 1270. The number of hydrogen-bond acceptors (Lipinski definition) is 4. The van der Waals surface area contributed by atoms with E-state index < -0.39 is 0 Å². The molecule has 0 saturated carbocycles. The number of phenolic OH excluding ortho intramolecular Hbond substituents is 3. The monoisotopic (exact) mass is 732 g/mol. The zero-order chi connectivity index (χ0) is 35.4. The van der Waals surface area contributed by atoms with Crippen LogP contribution in [-0.2, 0) is 0 Å². The van der Waals surface area contributed by atoms with Crippen molar-refractivity contribution in [3.8, 4) is 45.3 Å². The fraction of sp³-hybridized carbons (Fsp3) is 0.455. The lowest BCUT2D eigenvalue weighted by Gasteiger charge is -2.08. The highest BCUT2D eigenvalue weighted by molar-refractivity contribution is 9.09. The molecule has 3 N–H and O–H groups in total. The third-order valence-corrected chi connectivity index (χ3v) is 8.94. The molecule has 0 radical (unpaired) electrons. The van der Waals surface area contributed by atoms with Crippen LogP contribution in [0.4, 0.5) is 0 Å². The lowest BCUT2D eigenvalue weighted by molar-refractivity contribution is 0.304. The van der Waals surface area contributed by atoms with Crippen molar-refractivity contribution in [2.24, 2.45) is 0 Å². The molecule has 0 unspecified atom stereocenters. The molecule has 4 aromatic carbocycles. The van der Waals surface area contributed by atoms with E-state index in [0.717, 1.165) is 41.0 Å². The maximum Gasteiger partial charge on any atom is 0.119 e. The van der Waals surface area contributed by atoms with Gasteiger partial charge in [0.15, 0.2) is 0 Å². The van der Waals surface area contributed by atoms with Crippen molar-refractivity contribution >= 4 is 15.9 Å². The summed E-state index contributed by atoms with van der Waals surface area (Å²) in [5, 5.41) is 28.8. The van der Waals surface area contributed by atoms with E-state index in [9.17, 15) is 5.11 Å². The molecule has 0 aliphatic heterocycles. The number of unbranched alkanes of at least 4 members (excludes halogenated alkanes) is 14. The number of alkyl halides is 1. The summed E-state index contributed by atoms with van der Waals surface area (Å²) in [4.78, 5) is 0. The van der Waals surface area contributed by atoms with Gasteiger partial charge in [0, 0.05) is 5.33 Å². The van der Waals surface area contributed by atoms with E-state index in [2.05, 4.69) is 41.9 Å². The van der Waals surface area contributed by atoms with Gasteiger partial charge >= 0.3 is 0 Å². The maximum atomic E-state index is 9.37. The van der Waals surface area contributed by atoms with Gasteiger partial charge in [-0.3, -0.25) is 0 Å². The molecule has 4 aromatic rings. The van der Waals surface area contributed by atoms with Gasteiger partial charge in [-0.2, -0.15) is 0 Å². The minimum absolute atomic E-state index is 0.257. The summed E-state index contributed by atoms with van der Waals surface area (Å²) < 4.78 is 5.86. The van der Waals surface area contributed by atoms with Gasteiger partial charge in [-0.05, 0) is 83.6 Å². The average Bonchev–Trinajstić information content (AvgIpc) is 3.13. The number of halogens is 1. The van der Waals surface area contributed by atoms with E-state index in [4.69, 9.17) is 14.9 Å². The molecule has 268 valence electrons. The molecule has 0 fully saturated rings. The Morgan fingerprint density at radius 2 is 0.673 bits per heavy atom. The van der Waals surface area contributed by atoms with Crippen LogP contribution in [0, 0.1) is 0 Å². The largest absolute Gasteiger partial charge is 0.508 e. The highest BCUT2D eigenvalue weighted by Gasteiger charge is 2.00. The molecule has 0 atom stereocenters. The van der Waals surface area contributed by atoms with E-state index in [1.54, 1.807) is 36.4 Å². The van der Waals surface area contributed by atoms with E-state index in [0.29, 0.717) is 5.75 Å². The minimum Gasteiger partial charge on any atom is -0.508 e. The van der Waals surface area contributed by atoms with Crippen LogP contribution in [0.15, 0.2) is 97.1 Å². The predicted molar refractivity (Wildman–Crippen MR) is 213 cm³/mol. The summed E-state index contributed by atoms with van der Waals surface area (Å²) in [5.74, 6) is 1.75. The molecule has 49 heavy (non-hydrogen) atoms. The first-order chi connectivity index (χ1) is 24.0. The molecule has 4 rings (SSSR count). The Kier molecular flexibility index (Phi) is 23.3. The Morgan fingerprint density at radius 1 is 0.388 bits per heavy atom. The molecule has 5 heteroatoms. The second-order valence-electron chi connectivity index (χ2n) is 12.7. The third-order valence-electron chi connectivity index (χ3n) is 8.38. The van der Waals surface area contributed by atoms with Gasteiger partial charge in [0.2, 0.25) is 0 Å². The van der Waals surface area contributed by atoms with Crippen molar-refractivity contribution in [1.29, 1.82) is 0 Å². The summed E-state index contributed by atoms with van der Waals surface area (Å²) in [6.45, 7) is 5.32. The van der Waals surface area contributed by atoms with Crippen LogP contribution in [0.25, 0.3) is 22.3 Å². The van der Waals surface area contributed by atoms with Crippen molar-refractivity contribution in [1.82, 2.24) is 0 Å². The van der Waals surface area contributed by atoms with Crippen LogP contribution >= 0.6 is 15.9 Å².